The molecule has 1 amide bonds. The molecular weight excluding hydrogens is 363 g/mol. The van der Waals surface area contributed by atoms with Gasteiger partial charge in [-0.05, 0) is 43.4 Å². The number of fused-ring (bicyclic) bond motifs is 2. The van der Waals surface area contributed by atoms with Crippen molar-refractivity contribution >= 4 is 22.8 Å². The summed E-state index contributed by atoms with van der Waals surface area (Å²) in [6, 6.07) is 4.93. The Kier molecular flexibility index (Phi) is 4.01. The quantitative estimate of drug-likeness (QED) is 0.713. The fraction of sp³-hybridized carbons (Fsp3) is 0.278. The van der Waals surface area contributed by atoms with E-state index in [0.29, 0.717) is 11.9 Å². The second-order valence-electron chi connectivity index (χ2n) is 6.36. The second kappa shape index (κ2) is 6.26. The molecule has 6 nitrogen and oxygen atoms in total. The van der Waals surface area contributed by atoms with Crippen molar-refractivity contribution in [1.29, 1.82) is 0 Å². The lowest BCUT2D eigenvalue weighted by molar-refractivity contribution is -0.136. The highest BCUT2D eigenvalue weighted by molar-refractivity contribution is 6.04. The van der Waals surface area contributed by atoms with E-state index in [2.05, 4.69) is 15.3 Å². The van der Waals surface area contributed by atoms with Gasteiger partial charge in [0.1, 0.15) is 5.82 Å². The fourth-order valence-corrected chi connectivity index (χ4v) is 3.22. The van der Waals surface area contributed by atoms with Gasteiger partial charge in [-0.1, -0.05) is 6.07 Å². The van der Waals surface area contributed by atoms with E-state index in [1.807, 2.05) is 6.07 Å². The molecule has 3 aromatic heterocycles. The van der Waals surface area contributed by atoms with Crippen LogP contribution in [0.5, 0.6) is 0 Å². The Hall–Kier alpha value is -3.10. The van der Waals surface area contributed by atoms with Crippen LogP contribution in [0.1, 0.15) is 40.2 Å². The summed E-state index contributed by atoms with van der Waals surface area (Å²) < 4.78 is 44.5. The zero-order valence-electron chi connectivity index (χ0n) is 13.9. The standard InChI is InChI=1S/C18H14F3N3O3/c19-18(20,21)11-8-15(25)24-17-10(11)7-13(27-17)16(26)23-14-6-5-9-3-1-2-4-12(9)22-14/h5-8H,1-4H2,(H,24,25)(H,22,23,26). The highest BCUT2D eigenvalue weighted by atomic mass is 19.4. The van der Waals surface area contributed by atoms with Gasteiger partial charge in [0.05, 0.1) is 10.9 Å². The number of halogens is 3. The van der Waals surface area contributed by atoms with Crippen molar-refractivity contribution in [2.24, 2.45) is 0 Å². The molecule has 4 rings (SSSR count). The van der Waals surface area contributed by atoms with E-state index >= 15 is 0 Å². The number of H-pyrrole nitrogens is 1. The van der Waals surface area contributed by atoms with Crippen LogP contribution in [0.25, 0.3) is 11.1 Å². The van der Waals surface area contributed by atoms with Crippen LogP contribution in [-0.4, -0.2) is 15.9 Å². The molecule has 0 aromatic carbocycles. The summed E-state index contributed by atoms with van der Waals surface area (Å²) in [6.07, 6.45) is -0.870. The summed E-state index contributed by atoms with van der Waals surface area (Å²) in [6.45, 7) is 0. The van der Waals surface area contributed by atoms with Crippen LogP contribution in [0.15, 0.2) is 33.5 Å². The molecule has 140 valence electrons. The van der Waals surface area contributed by atoms with Crippen molar-refractivity contribution in [3.8, 4) is 0 Å². The van der Waals surface area contributed by atoms with Crippen molar-refractivity contribution in [2.75, 3.05) is 5.32 Å². The lowest BCUT2D eigenvalue weighted by atomic mass is 9.96. The second-order valence-corrected chi connectivity index (χ2v) is 6.36. The third kappa shape index (κ3) is 3.32. The number of hydrogen-bond donors (Lipinski definition) is 2. The highest BCUT2D eigenvalue weighted by Gasteiger charge is 2.34. The van der Waals surface area contributed by atoms with Gasteiger partial charge in [-0.2, -0.15) is 13.2 Å². The largest absolute Gasteiger partial charge is 0.434 e. The number of aryl methyl sites for hydroxylation is 2. The zero-order chi connectivity index (χ0) is 19.2. The fourth-order valence-electron chi connectivity index (χ4n) is 3.22. The maximum atomic E-state index is 13.1. The SMILES string of the molecule is O=C(Nc1ccc2c(n1)CCCC2)c1cc2c(C(F)(F)F)cc(=O)[nH]c2o1. The number of hydrogen-bond acceptors (Lipinski definition) is 4. The maximum absolute atomic E-state index is 13.1. The molecule has 0 radical (unpaired) electrons. The van der Waals surface area contributed by atoms with E-state index in [9.17, 15) is 22.8 Å². The number of rotatable bonds is 2. The minimum absolute atomic E-state index is 0.297. The number of anilines is 1. The molecule has 0 aliphatic heterocycles. The van der Waals surface area contributed by atoms with Crippen LogP contribution in [-0.2, 0) is 19.0 Å². The smallest absolute Gasteiger partial charge is 0.417 e. The van der Waals surface area contributed by atoms with Crippen molar-refractivity contribution in [3.05, 3.63) is 57.2 Å². The third-order valence-corrected chi connectivity index (χ3v) is 4.48. The molecule has 1 aliphatic carbocycles. The van der Waals surface area contributed by atoms with Gasteiger partial charge in [0.15, 0.2) is 5.76 Å². The van der Waals surface area contributed by atoms with Crippen molar-refractivity contribution in [3.63, 3.8) is 0 Å². The van der Waals surface area contributed by atoms with Gasteiger partial charge in [0, 0.05) is 11.8 Å². The van der Waals surface area contributed by atoms with Crippen LogP contribution in [0.3, 0.4) is 0 Å². The summed E-state index contributed by atoms with van der Waals surface area (Å²) in [5.41, 5.74) is -0.482. The number of aromatic amines is 1. The summed E-state index contributed by atoms with van der Waals surface area (Å²) in [5, 5.41) is 2.14. The number of pyridine rings is 2. The van der Waals surface area contributed by atoms with E-state index in [1.165, 1.54) is 0 Å². The molecule has 1 aliphatic rings. The number of nitrogens with zero attached hydrogens (tertiary/aromatic N) is 1. The monoisotopic (exact) mass is 377 g/mol. The number of aromatic nitrogens is 2. The Morgan fingerprint density at radius 1 is 1.19 bits per heavy atom. The molecule has 0 spiro atoms. The van der Waals surface area contributed by atoms with E-state index in [0.717, 1.165) is 43.0 Å². The molecule has 0 atom stereocenters. The Bertz CT molecular complexity index is 1100. The number of furan rings is 1. The number of carbonyl (C=O) groups excluding carboxylic acids is 1. The molecule has 9 heteroatoms. The lowest BCUT2D eigenvalue weighted by Crippen LogP contribution is -2.14. The van der Waals surface area contributed by atoms with Crippen LogP contribution >= 0.6 is 0 Å². The van der Waals surface area contributed by atoms with Crippen molar-refractivity contribution in [1.82, 2.24) is 9.97 Å². The Balaban J connectivity index is 1.66. The molecule has 0 fully saturated rings. The van der Waals surface area contributed by atoms with E-state index in [1.54, 1.807) is 6.07 Å². The first-order valence-corrected chi connectivity index (χ1v) is 8.35. The normalized spacial score (nSPS) is 14.2. The minimum atomic E-state index is -4.75. The van der Waals surface area contributed by atoms with Gasteiger partial charge in [0.2, 0.25) is 5.71 Å². The molecule has 0 unspecified atom stereocenters. The summed E-state index contributed by atoms with van der Waals surface area (Å²) in [7, 11) is 0. The summed E-state index contributed by atoms with van der Waals surface area (Å²) in [5.74, 6) is -0.800. The molecule has 0 saturated carbocycles. The minimum Gasteiger partial charge on any atom is -0.434 e. The Morgan fingerprint density at radius 2 is 1.96 bits per heavy atom. The van der Waals surface area contributed by atoms with Crippen LogP contribution in [0.2, 0.25) is 0 Å². The predicted octanol–water partition coefficient (Wildman–Crippen LogP) is 3.67. The predicted molar refractivity (Wildman–Crippen MR) is 90.7 cm³/mol. The number of alkyl halides is 3. The summed E-state index contributed by atoms with van der Waals surface area (Å²) in [4.78, 5) is 30.4. The highest BCUT2D eigenvalue weighted by Crippen LogP contribution is 2.34. The van der Waals surface area contributed by atoms with E-state index in [4.69, 9.17) is 4.42 Å². The first-order valence-electron chi connectivity index (χ1n) is 8.35. The molecule has 0 saturated heterocycles. The Labute approximate surface area is 150 Å². The lowest BCUT2D eigenvalue weighted by Gasteiger charge is -2.15. The van der Waals surface area contributed by atoms with Crippen molar-refractivity contribution < 1.29 is 22.4 Å². The third-order valence-electron chi connectivity index (χ3n) is 4.48. The van der Waals surface area contributed by atoms with Crippen molar-refractivity contribution in [2.45, 2.75) is 31.9 Å². The van der Waals surface area contributed by atoms with Crippen LogP contribution in [0.4, 0.5) is 19.0 Å². The summed E-state index contributed by atoms with van der Waals surface area (Å²) >= 11 is 0. The number of nitrogens with one attached hydrogen (secondary N) is 2. The van der Waals surface area contributed by atoms with E-state index < -0.39 is 28.9 Å². The molecule has 3 heterocycles. The number of carbonyl (C=O) groups is 1. The van der Waals surface area contributed by atoms with Gasteiger partial charge in [0.25, 0.3) is 11.5 Å². The van der Waals surface area contributed by atoms with Crippen LogP contribution < -0.4 is 10.9 Å². The maximum Gasteiger partial charge on any atom is 0.417 e. The van der Waals surface area contributed by atoms with Gasteiger partial charge in [-0.15, -0.1) is 0 Å². The molecule has 2 N–H and O–H groups in total. The van der Waals surface area contributed by atoms with Gasteiger partial charge < -0.3 is 9.73 Å². The molecule has 3 aromatic rings. The average Bonchev–Trinajstić information content (AvgIpc) is 3.04. The van der Waals surface area contributed by atoms with Gasteiger partial charge in [-0.3, -0.25) is 14.6 Å². The average molecular weight is 377 g/mol. The van der Waals surface area contributed by atoms with Gasteiger partial charge in [-0.25, -0.2) is 4.98 Å². The van der Waals surface area contributed by atoms with Gasteiger partial charge >= 0.3 is 6.18 Å². The van der Waals surface area contributed by atoms with Crippen LogP contribution in [0, 0.1) is 0 Å². The molecule has 0 bridgehead atoms. The molecule has 27 heavy (non-hydrogen) atoms. The first-order chi connectivity index (χ1) is 12.8. The molecular formula is C18H14F3N3O3. The zero-order valence-corrected chi connectivity index (χ0v) is 13.9. The Morgan fingerprint density at radius 3 is 2.74 bits per heavy atom. The van der Waals surface area contributed by atoms with E-state index in [-0.39, 0.29) is 11.1 Å². The topological polar surface area (TPSA) is 88.0 Å². The number of amides is 1. The first kappa shape index (κ1) is 17.3.